The molecule has 7 nitrogen and oxygen atoms in total. The van der Waals surface area contributed by atoms with Crippen molar-refractivity contribution in [2.45, 2.75) is 50.0 Å². The fourth-order valence-electron chi connectivity index (χ4n) is 4.32. The second-order valence-electron chi connectivity index (χ2n) is 9.36. The molecule has 0 aliphatic carbocycles. The summed E-state index contributed by atoms with van der Waals surface area (Å²) in [6, 6.07) is 10.7. The zero-order valence-electron chi connectivity index (χ0n) is 19.6. The number of rotatable bonds is 5. The van der Waals surface area contributed by atoms with Crippen LogP contribution in [0.15, 0.2) is 47.4 Å². The highest BCUT2D eigenvalue weighted by Crippen LogP contribution is 2.41. The van der Waals surface area contributed by atoms with Crippen molar-refractivity contribution in [3.05, 3.63) is 59.1 Å². The standard InChI is InChI=1S/C24H28ClFN4O3S/c1-24(2,3)30(34(31,32)17-8-6-5-7-9-17)21-15-20(26)19(25)14-18(21)23-28-27-22(29(23)4)16-10-12-33-13-11-16/h5-9,14-16H,10-13H2,1-4H3. The molecule has 0 saturated carbocycles. The summed E-state index contributed by atoms with van der Waals surface area (Å²) >= 11 is 6.18. The molecule has 34 heavy (non-hydrogen) atoms. The quantitative estimate of drug-likeness (QED) is 0.477. The van der Waals surface area contributed by atoms with Gasteiger partial charge < -0.3 is 9.30 Å². The molecule has 0 unspecified atom stereocenters. The first-order valence-corrected chi connectivity index (χ1v) is 12.9. The highest BCUT2D eigenvalue weighted by molar-refractivity contribution is 7.93. The van der Waals surface area contributed by atoms with Gasteiger partial charge in [-0.15, -0.1) is 10.2 Å². The number of ether oxygens (including phenoxy) is 1. The van der Waals surface area contributed by atoms with E-state index in [0.29, 0.717) is 24.6 Å². The topological polar surface area (TPSA) is 77.3 Å². The van der Waals surface area contributed by atoms with Crippen molar-refractivity contribution in [1.82, 2.24) is 14.8 Å². The first-order valence-electron chi connectivity index (χ1n) is 11.1. The van der Waals surface area contributed by atoms with Crippen LogP contribution in [0.1, 0.15) is 45.4 Å². The molecule has 2 heterocycles. The van der Waals surface area contributed by atoms with Crippen molar-refractivity contribution in [1.29, 1.82) is 0 Å². The molecule has 10 heteroatoms. The smallest absolute Gasteiger partial charge is 0.264 e. The summed E-state index contributed by atoms with van der Waals surface area (Å²) in [6.07, 6.45) is 1.64. The summed E-state index contributed by atoms with van der Waals surface area (Å²) in [4.78, 5) is 0.104. The van der Waals surface area contributed by atoms with Crippen LogP contribution in [0.3, 0.4) is 0 Å². The molecule has 2 aromatic carbocycles. The Morgan fingerprint density at radius 3 is 2.38 bits per heavy atom. The summed E-state index contributed by atoms with van der Waals surface area (Å²) in [6.45, 7) is 6.57. The Balaban J connectivity index is 1.92. The molecule has 0 spiro atoms. The molecule has 182 valence electrons. The molecule has 4 rings (SSSR count). The van der Waals surface area contributed by atoms with Crippen LogP contribution < -0.4 is 4.31 Å². The average molecular weight is 507 g/mol. The first kappa shape index (κ1) is 24.6. The Hall–Kier alpha value is -2.49. The number of sulfonamides is 1. The average Bonchev–Trinajstić information content (AvgIpc) is 3.17. The number of nitrogens with zero attached hydrogens (tertiary/aromatic N) is 4. The third-order valence-corrected chi connectivity index (χ3v) is 8.27. The van der Waals surface area contributed by atoms with Crippen molar-refractivity contribution in [2.24, 2.45) is 7.05 Å². The van der Waals surface area contributed by atoms with Crippen LogP contribution >= 0.6 is 11.6 Å². The Kier molecular flexibility index (Phi) is 6.72. The summed E-state index contributed by atoms with van der Waals surface area (Å²) in [5.74, 6) is 0.643. The van der Waals surface area contributed by atoms with E-state index in [1.807, 2.05) is 11.6 Å². The lowest BCUT2D eigenvalue weighted by Crippen LogP contribution is -2.46. The first-order chi connectivity index (χ1) is 16.0. The third-order valence-electron chi connectivity index (χ3n) is 5.88. The van der Waals surface area contributed by atoms with Gasteiger partial charge in [-0.3, -0.25) is 4.31 Å². The molecule has 1 saturated heterocycles. The largest absolute Gasteiger partial charge is 0.381 e. The van der Waals surface area contributed by atoms with Gasteiger partial charge in [-0.25, -0.2) is 12.8 Å². The lowest BCUT2D eigenvalue weighted by molar-refractivity contribution is 0.0830. The predicted molar refractivity (Wildman–Crippen MR) is 130 cm³/mol. The van der Waals surface area contributed by atoms with Gasteiger partial charge in [-0.2, -0.15) is 0 Å². The van der Waals surface area contributed by atoms with E-state index in [0.717, 1.165) is 24.7 Å². The molecule has 3 aromatic rings. The maximum atomic E-state index is 14.8. The SMILES string of the molecule is Cn1c(-c2cc(Cl)c(F)cc2N(C(C)(C)C)S(=O)(=O)c2ccccc2)nnc1C1CCOCC1. The van der Waals surface area contributed by atoms with Gasteiger partial charge in [0, 0.05) is 43.3 Å². The summed E-state index contributed by atoms with van der Waals surface area (Å²) < 4.78 is 50.9. The molecule has 0 radical (unpaired) electrons. The second-order valence-corrected chi connectivity index (χ2v) is 11.6. The number of hydrogen-bond acceptors (Lipinski definition) is 5. The molecule has 1 aliphatic heterocycles. The second kappa shape index (κ2) is 9.28. The van der Waals surface area contributed by atoms with Gasteiger partial charge in [0.1, 0.15) is 11.6 Å². The van der Waals surface area contributed by atoms with E-state index in [9.17, 15) is 12.8 Å². The van der Waals surface area contributed by atoms with Gasteiger partial charge >= 0.3 is 0 Å². The molecule has 0 atom stereocenters. The van der Waals surface area contributed by atoms with Crippen molar-refractivity contribution in [3.8, 4) is 11.4 Å². The monoisotopic (exact) mass is 506 g/mol. The highest BCUT2D eigenvalue weighted by atomic mass is 35.5. The fraction of sp³-hybridized carbons (Fsp3) is 0.417. The lowest BCUT2D eigenvalue weighted by atomic mass is 9.99. The van der Waals surface area contributed by atoms with Gasteiger partial charge in [-0.05, 0) is 51.8 Å². The van der Waals surface area contributed by atoms with E-state index >= 15 is 0 Å². The number of anilines is 1. The van der Waals surface area contributed by atoms with Crippen LogP contribution in [0.5, 0.6) is 0 Å². The number of hydrogen-bond donors (Lipinski definition) is 0. The molecule has 1 aliphatic rings. The lowest BCUT2D eigenvalue weighted by Gasteiger charge is -2.37. The van der Waals surface area contributed by atoms with Gasteiger partial charge in [-0.1, -0.05) is 29.8 Å². The van der Waals surface area contributed by atoms with Crippen molar-refractivity contribution >= 4 is 27.3 Å². The van der Waals surface area contributed by atoms with Crippen LogP contribution in [0.4, 0.5) is 10.1 Å². The van der Waals surface area contributed by atoms with E-state index in [-0.39, 0.29) is 21.5 Å². The molecular weight excluding hydrogens is 479 g/mol. The molecule has 1 fully saturated rings. The maximum absolute atomic E-state index is 14.8. The van der Waals surface area contributed by atoms with Crippen LogP contribution in [-0.2, 0) is 21.8 Å². The van der Waals surface area contributed by atoms with E-state index in [1.165, 1.54) is 22.5 Å². The van der Waals surface area contributed by atoms with E-state index < -0.39 is 21.4 Å². The zero-order chi connectivity index (χ0) is 24.7. The number of aromatic nitrogens is 3. The van der Waals surface area contributed by atoms with Gasteiger partial charge in [0.2, 0.25) is 0 Å². The Morgan fingerprint density at radius 2 is 1.76 bits per heavy atom. The molecule has 1 aromatic heterocycles. The van der Waals surface area contributed by atoms with Crippen molar-refractivity contribution in [3.63, 3.8) is 0 Å². The minimum atomic E-state index is -4.05. The van der Waals surface area contributed by atoms with Crippen LogP contribution in [0, 0.1) is 5.82 Å². The van der Waals surface area contributed by atoms with E-state index in [1.54, 1.807) is 39.0 Å². The normalized spacial score (nSPS) is 15.5. The summed E-state index contributed by atoms with van der Waals surface area (Å²) in [5, 5.41) is 8.66. The van der Waals surface area contributed by atoms with E-state index in [4.69, 9.17) is 16.3 Å². The molecule has 0 bridgehead atoms. The molecule has 0 amide bonds. The Bertz CT molecular complexity index is 1280. The highest BCUT2D eigenvalue weighted by Gasteiger charge is 2.37. The Morgan fingerprint density at radius 1 is 1.12 bits per heavy atom. The number of benzene rings is 2. The van der Waals surface area contributed by atoms with Gasteiger partial charge in [0.15, 0.2) is 5.82 Å². The third kappa shape index (κ3) is 4.56. The van der Waals surface area contributed by atoms with Crippen molar-refractivity contribution < 1.29 is 17.5 Å². The zero-order valence-corrected chi connectivity index (χ0v) is 21.2. The van der Waals surface area contributed by atoms with Crippen LogP contribution in [-0.4, -0.2) is 41.9 Å². The summed E-state index contributed by atoms with van der Waals surface area (Å²) in [7, 11) is -2.22. The van der Waals surface area contributed by atoms with Crippen molar-refractivity contribution in [2.75, 3.05) is 17.5 Å². The minimum absolute atomic E-state index is 0.104. The van der Waals surface area contributed by atoms with Gasteiger partial charge in [0.25, 0.3) is 10.0 Å². The number of halogens is 2. The van der Waals surface area contributed by atoms with Crippen LogP contribution in [0.2, 0.25) is 5.02 Å². The molecular formula is C24H28ClFN4O3S. The molecule has 0 N–H and O–H groups in total. The predicted octanol–water partition coefficient (Wildman–Crippen LogP) is 5.16. The van der Waals surface area contributed by atoms with Gasteiger partial charge in [0.05, 0.1) is 15.6 Å². The minimum Gasteiger partial charge on any atom is -0.381 e. The fourth-order valence-corrected chi connectivity index (χ4v) is 6.33. The maximum Gasteiger partial charge on any atom is 0.264 e. The van der Waals surface area contributed by atoms with Crippen LogP contribution in [0.25, 0.3) is 11.4 Å². The summed E-state index contributed by atoms with van der Waals surface area (Å²) in [5.41, 5.74) is -0.396. The van der Waals surface area contributed by atoms with E-state index in [2.05, 4.69) is 10.2 Å². The Labute approximate surface area is 204 Å².